The van der Waals surface area contributed by atoms with E-state index < -0.39 is 11.6 Å². The number of aryl methyl sites for hydroxylation is 2. The Morgan fingerprint density at radius 1 is 1.17 bits per heavy atom. The number of hydrogen-bond acceptors (Lipinski definition) is 7. The van der Waals surface area contributed by atoms with Crippen molar-refractivity contribution in [3.8, 4) is 40.2 Å². The van der Waals surface area contributed by atoms with Crippen LogP contribution in [-0.2, 0) is 18.4 Å². The van der Waals surface area contributed by atoms with Crippen molar-refractivity contribution >= 4 is 22.6 Å². The second-order valence-corrected chi connectivity index (χ2v) is 9.12. The van der Waals surface area contributed by atoms with E-state index in [-0.39, 0.29) is 41.1 Å². The number of nitrogens with one attached hydrogen (secondary N) is 1. The number of nitrogens with zero attached hydrogens (tertiary/aromatic N) is 5. The monoisotopic (exact) mass is 551 g/mol. The molecule has 3 aromatic heterocycles. The molecular formula is C30H23F2N7O2. The number of carbonyl (C=O) groups excluding carboxylic acids is 1. The van der Waals surface area contributed by atoms with E-state index in [4.69, 9.17) is 10.5 Å². The van der Waals surface area contributed by atoms with Gasteiger partial charge < -0.3 is 20.4 Å². The van der Waals surface area contributed by atoms with Crippen LogP contribution in [0.25, 0.3) is 33.3 Å². The van der Waals surface area contributed by atoms with Gasteiger partial charge in [-0.1, -0.05) is 24.8 Å². The number of nitriles is 1. The molecule has 0 aliphatic heterocycles. The number of nitrogens with two attached hydrogens (primary N) is 1. The number of benzene rings is 2. The van der Waals surface area contributed by atoms with E-state index >= 15 is 4.39 Å². The summed E-state index contributed by atoms with van der Waals surface area (Å²) in [6, 6.07) is 13.6. The predicted octanol–water partition coefficient (Wildman–Crippen LogP) is 5.33. The molecule has 1 amide bonds. The lowest BCUT2D eigenvalue weighted by Crippen LogP contribution is -2.20. The number of aromatic nitrogens is 4. The molecule has 0 spiro atoms. The number of hydrogen-bond donors (Lipinski definition) is 2. The van der Waals surface area contributed by atoms with Crippen LogP contribution in [0.2, 0.25) is 0 Å². The van der Waals surface area contributed by atoms with Crippen LogP contribution in [0.4, 0.5) is 14.6 Å². The fourth-order valence-electron chi connectivity index (χ4n) is 4.58. The summed E-state index contributed by atoms with van der Waals surface area (Å²) in [6.45, 7) is 5.04. The van der Waals surface area contributed by atoms with Gasteiger partial charge in [0, 0.05) is 30.9 Å². The van der Waals surface area contributed by atoms with Crippen molar-refractivity contribution in [3.63, 3.8) is 0 Å². The summed E-state index contributed by atoms with van der Waals surface area (Å²) >= 11 is 0. The van der Waals surface area contributed by atoms with Gasteiger partial charge in [-0.3, -0.25) is 4.79 Å². The Morgan fingerprint density at radius 2 is 1.93 bits per heavy atom. The fraction of sp³-hybridized carbons (Fsp3) is 0.100. The Balaban J connectivity index is 1.64. The zero-order valence-electron chi connectivity index (χ0n) is 22.1. The van der Waals surface area contributed by atoms with Crippen molar-refractivity contribution in [2.24, 2.45) is 7.05 Å². The summed E-state index contributed by atoms with van der Waals surface area (Å²) in [7, 11) is 1.73. The minimum Gasteiger partial charge on any atom is -0.424 e. The van der Waals surface area contributed by atoms with Crippen LogP contribution >= 0.6 is 0 Å². The first kappa shape index (κ1) is 27.0. The molecule has 11 heteroatoms. The van der Waals surface area contributed by atoms with E-state index in [0.29, 0.717) is 39.0 Å². The summed E-state index contributed by atoms with van der Waals surface area (Å²) in [6.07, 6.45) is 3.56. The van der Waals surface area contributed by atoms with Crippen molar-refractivity contribution in [2.75, 3.05) is 5.73 Å². The third-order valence-electron chi connectivity index (χ3n) is 6.55. The molecule has 9 nitrogen and oxygen atoms in total. The second kappa shape index (κ2) is 10.9. The lowest BCUT2D eigenvalue weighted by atomic mass is 9.97. The number of pyridine rings is 1. The van der Waals surface area contributed by atoms with Gasteiger partial charge in [0.1, 0.15) is 23.5 Å². The molecule has 0 bridgehead atoms. The van der Waals surface area contributed by atoms with E-state index in [2.05, 4.69) is 32.9 Å². The Hall–Kier alpha value is -5.63. The maximum Gasteiger partial charge on any atom is 0.322 e. The number of amides is 1. The van der Waals surface area contributed by atoms with Gasteiger partial charge >= 0.3 is 6.01 Å². The summed E-state index contributed by atoms with van der Waals surface area (Å²) < 4.78 is 36.6. The fourth-order valence-corrected chi connectivity index (χ4v) is 4.58. The van der Waals surface area contributed by atoms with Crippen LogP contribution in [0.1, 0.15) is 16.8 Å². The molecule has 5 aromatic rings. The third kappa shape index (κ3) is 5.06. The molecule has 41 heavy (non-hydrogen) atoms. The average molecular weight is 552 g/mol. The van der Waals surface area contributed by atoms with E-state index in [0.717, 1.165) is 12.3 Å². The highest BCUT2D eigenvalue weighted by atomic mass is 19.1. The zero-order chi connectivity index (χ0) is 29.3. The number of halogens is 2. The molecule has 0 atom stereocenters. The van der Waals surface area contributed by atoms with Crippen molar-refractivity contribution in [1.82, 2.24) is 24.8 Å². The Labute approximate surface area is 233 Å². The van der Waals surface area contributed by atoms with Crippen LogP contribution in [0.5, 0.6) is 11.8 Å². The molecular weight excluding hydrogens is 528 g/mol. The quantitative estimate of drug-likeness (QED) is 0.261. The molecule has 3 heterocycles. The minimum atomic E-state index is -0.541. The van der Waals surface area contributed by atoms with Gasteiger partial charge in [-0.25, -0.2) is 18.7 Å². The Bertz CT molecular complexity index is 1880. The zero-order valence-corrected chi connectivity index (χ0v) is 22.1. The summed E-state index contributed by atoms with van der Waals surface area (Å²) in [5, 5.41) is 12.9. The number of anilines is 1. The molecule has 0 fully saturated rings. The number of rotatable bonds is 7. The van der Waals surface area contributed by atoms with Gasteiger partial charge in [0.2, 0.25) is 5.91 Å². The standard InChI is InChI=1S/C30H23F2N7O2/c1-4-24(40)35-13-17-5-10-21(22(31)11-17)28-25(26-27(39(28)3)19(12-33)14-36-29(26)34)18-6-8-20(9-7-18)41-30-37-15-23(32)16(2)38-30/h4-11,14-15H,1,13H2,2-3H3,(H2,34,36)(H,35,40). The van der Waals surface area contributed by atoms with Crippen LogP contribution in [0.3, 0.4) is 0 Å². The topological polar surface area (TPSA) is 132 Å². The van der Waals surface area contributed by atoms with E-state index in [9.17, 15) is 14.4 Å². The first-order valence-electron chi connectivity index (χ1n) is 12.3. The van der Waals surface area contributed by atoms with Crippen molar-refractivity contribution in [1.29, 1.82) is 5.26 Å². The largest absolute Gasteiger partial charge is 0.424 e. The number of carbonyl (C=O) groups is 1. The first-order chi connectivity index (χ1) is 19.7. The molecule has 2 aromatic carbocycles. The van der Waals surface area contributed by atoms with Crippen LogP contribution in [-0.4, -0.2) is 25.4 Å². The Morgan fingerprint density at radius 3 is 2.59 bits per heavy atom. The van der Waals surface area contributed by atoms with Crippen molar-refractivity contribution in [2.45, 2.75) is 13.5 Å². The van der Waals surface area contributed by atoms with E-state index in [1.165, 1.54) is 19.2 Å². The molecule has 0 saturated carbocycles. The SMILES string of the molecule is C=CC(=O)NCc1ccc(-c2c(-c3ccc(Oc4ncc(F)c(C)n4)cc3)c3c(N)ncc(C#N)c3n2C)c(F)c1. The molecule has 0 aliphatic carbocycles. The normalized spacial score (nSPS) is 10.8. The molecule has 5 rings (SSSR count). The van der Waals surface area contributed by atoms with Gasteiger partial charge in [-0.2, -0.15) is 10.2 Å². The van der Waals surface area contributed by atoms with Gasteiger partial charge in [0.15, 0.2) is 5.82 Å². The van der Waals surface area contributed by atoms with Gasteiger partial charge in [0.05, 0.1) is 34.1 Å². The first-order valence-corrected chi connectivity index (χ1v) is 12.3. The highest BCUT2D eigenvalue weighted by molar-refractivity contribution is 6.10. The Kier molecular flexibility index (Phi) is 7.14. The summed E-state index contributed by atoms with van der Waals surface area (Å²) in [5.41, 5.74) is 9.77. The maximum absolute atomic E-state index is 15.7. The van der Waals surface area contributed by atoms with E-state index in [1.54, 1.807) is 48.0 Å². The molecule has 0 unspecified atom stereocenters. The van der Waals surface area contributed by atoms with Crippen molar-refractivity contribution in [3.05, 3.63) is 96.0 Å². The smallest absolute Gasteiger partial charge is 0.322 e. The second-order valence-electron chi connectivity index (χ2n) is 9.12. The van der Waals surface area contributed by atoms with Crippen molar-refractivity contribution < 1.29 is 18.3 Å². The third-order valence-corrected chi connectivity index (χ3v) is 6.55. The predicted molar refractivity (Wildman–Crippen MR) is 150 cm³/mol. The van der Waals surface area contributed by atoms with E-state index in [1.807, 2.05) is 0 Å². The molecule has 0 radical (unpaired) electrons. The van der Waals surface area contributed by atoms with Crippen LogP contribution in [0.15, 0.2) is 67.5 Å². The van der Waals surface area contributed by atoms with Gasteiger partial charge in [-0.15, -0.1) is 0 Å². The molecule has 3 N–H and O–H groups in total. The molecule has 204 valence electrons. The van der Waals surface area contributed by atoms with Gasteiger partial charge in [-0.05, 0) is 48.4 Å². The lowest BCUT2D eigenvalue weighted by molar-refractivity contribution is -0.116. The highest BCUT2D eigenvalue weighted by Crippen LogP contribution is 2.44. The molecule has 0 aliphatic rings. The summed E-state index contributed by atoms with van der Waals surface area (Å²) in [5.74, 6) is -0.874. The molecule has 0 saturated heterocycles. The number of nitrogen functional groups attached to an aromatic ring is 1. The number of ether oxygens (including phenoxy) is 1. The van der Waals surface area contributed by atoms with Crippen LogP contribution in [0, 0.1) is 29.9 Å². The van der Waals surface area contributed by atoms with Gasteiger partial charge in [0.25, 0.3) is 0 Å². The number of fused-ring (bicyclic) bond motifs is 1. The summed E-state index contributed by atoms with van der Waals surface area (Å²) in [4.78, 5) is 23.6. The maximum atomic E-state index is 15.7. The highest BCUT2D eigenvalue weighted by Gasteiger charge is 2.25. The average Bonchev–Trinajstić information content (AvgIpc) is 3.28. The van der Waals surface area contributed by atoms with Crippen LogP contribution < -0.4 is 15.8 Å². The minimum absolute atomic E-state index is 0.0129. The lowest BCUT2D eigenvalue weighted by Gasteiger charge is -2.12.